The predicted molar refractivity (Wildman–Crippen MR) is 141 cm³/mol. The summed E-state index contributed by atoms with van der Waals surface area (Å²) in [4.78, 5) is 39.5. The van der Waals surface area contributed by atoms with Crippen LogP contribution in [0.25, 0.3) is 11.1 Å². The SMILES string of the molecule is O=C1C=CC(=O)OC(OCCN2CCC(C(=O)c3ccc(F)cc3)CC2)(c2ccc(-c3ccccc3F)cc2)O1. The van der Waals surface area contributed by atoms with Gasteiger partial charge >= 0.3 is 17.9 Å². The molecule has 3 aromatic rings. The third kappa shape index (κ3) is 6.16. The van der Waals surface area contributed by atoms with Crippen molar-refractivity contribution < 1.29 is 37.4 Å². The number of esters is 2. The number of benzene rings is 3. The minimum atomic E-state index is -2.12. The van der Waals surface area contributed by atoms with Crippen molar-refractivity contribution in [3.8, 4) is 11.1 Å². The monoisotopic (exact) mass is 547 g/mol. The number of ether oxygens (including phenoxy) is 3. The van der Waals surface area contributed by atoms with E-state index >= 15 is 0 Å². The zero-order valence-corrected chi connectivity index (χ0v) is 21.6. The van der Waals surface area contributed by atoms with E-state index in [4.69, 9.17) is 14.2 Å². The van der Waals surface area contributed by atoms with Gasteiger partial charge in [-0.25, -0.2) is 18.4 Å². The van der Waals surface area contributed by atoms with Gasteiger partial charge in [-0.2, -0.15) is 0 Å². The third-order valence-electron chi connectivity index (χ3n) is 7.04. The van der Waals surface area contributed by atoms with Gasteiger partial charge in [0, 0.05) is 35.7 Å². The number of carbonyl (C=O) groups is 3. The Bertz CT molecular complexity index is 1390. The molecule has 0 amide bonds. The zero-order valence-electron chi connectivity index (χ0n) is 21.6. The molecular weight excluding hydrogens is 520 g/mol. The van der Waals surface area contributed by atoms with E-state index in [-0.39, 0.29) is 35.5 Å². The number of cyclic esters (lactones) is 2. The molecule has 5 rings (SSSR count). The number of carbonyl (C=O) groups excluding carboxylic acids is 3. The Hall–Kier alpha value is -4.21. The molecule has 0 N–H and O–H groups in total. The number of Topliss-reactive ketones (excluding diaryl/α,β-unsaturated/α-hetero) is 1. The molecule has 9 heteroatoms. The lowest BCUT2D eigenvalue weighted by atomic mass is 9.89. The first kappa shape index (κ1) is 27.4. The largest absolute Gasteiger partial charge is 0.406 e. The molecule has 0 aliphatic carbocycles. The summed E-state index contributed by atoms with van der Waals surface area (Å²) >= 11 is 0. The van der Waals surface area contributed by atoms with Gasteiger partial charge in [0.15, 0.2) is 5.78 Å². The van der Waals surface area contributed by atoms with Crippen molar-refractivity contribution in [3.63, 3.8) is 0 Å². The molecule has 1 fully saturated rings. The Labute approximate surface area is 230 Å². The maximum atomic E-state index is 14.3. The molecule has 1 saturated heterocycles. The molecule has 0 spiro atoms. The zero-order chi connectivity index (χ0) is 28.1. The number of halogens is 2. The standard InChI is InChI=1S/C31H27F2NO6/c32-25-11-7-22(8-12-25)30(37)23-15-17-34(18-16-23)19-20-38-31(39-28(35)13-14-29(36)40-31)24-9-5-21(6-10-24)26-3-1-2-4-27(26)33/h1-14,23H,15-20H2. The second-order valence-corrected chi connectivity index (χ2v) is 9.62. The van der Waals surface area contributed by atoms with Crippen LogP contribution in [-0.2, 0) is 29.8 Å². The van der Waals surface area contributed by atoms with Crippen molar-refractivity contribution >= 4 is 17.7 Å². The van der Waals surface area contributed by atoms with E-state index in [2.05, 4.69) is 4.90 Å². The van der Waals surface area contributed by atoms with Crippen LogP contribution in [0.2, 0.25) is 0 Å². The highest BCUT2D eigenvalue weighted by Gasteiger charge is 2.44. The summed E-state index contributed by atoms with van der Waals surface area (Å²) in [6.07, 6.45) is 3.19. The van der Waals surface area contributed by atoms with Gasteiger partial charge in [-0.1, -0.05) is 30.3 Å². The highest BCUT2D eigenvalue weighted by molar-refractivity contribution is 5.97. The van der Waals surface area contributed by atoms with Crippen molar-refractivity contribution in [3.05, 3.63) is 108 Å². The number of likely N-dealkylation sites (tertiary alicyclic amines) is 1. The number of hydrogen-bond acceptors (Lipinski definition) is 7. The van der Waals surface area contributed by atoms with Crippen LogP contribution in [0.15, 0.2) is 84.9 Å². The minimum Gasteiger partial charge on any atom is -0.391 e. The molecule has 0 saturated carbocycles. The average molecular weight is 548 g/mol. The molecule has 0 radical (unpaired) electrons. The number of rotatable bonds is 8. The fraction of sp³-hybridized carbons (Fsp3) is 0.258. The summed E-state index contributed by atoms with van der Waals surface area (Å²) in [6, 6.07) is 18.3. The Kier molecular flexibility index (Phi) is 8.14. The van der Waals surface area contributed by atoms with Crippen LogP contribution in [0.5, 0.6) is 0 Å². The van der Waals surface area contributed by atoms with E-state index in [1.54, 1.807) is 42.5 Å². The van der Waals surface area contributed by atoms with Crippen LogP contribution < -0.4 is 0 Å². The van der Waals surface area contributed by atoms with Crippen LogP contribution in [0, 0.1) is 17.6 Å². The van der Waals surface area contributed by atoms with E-state index in [0.29, 0.717) is 49.2 Å². The van der Waals surface area contributed by atoms with E-state index in [1.165, 1.54) is 30.3 Å². The van der Waals surface area contributed by atoms with Gasteiger partial charge in [-0.3, -0.25) is 4.79 Å². The molecule has 7 nitrogen and oxygen atoms in total. The predicted octanol–water partition coefficient (Wildman–Crippen LogP) is 5.01. The highest BCUT2D eigenvalue weighted by Crippen LogP contribution is 2.34. The van der Waals surface area contributed by atoms with Crippen LogP contribution in [0.3, 0.4) is 0 Å². The molecule has 40 heavy (non-hydrogen) atoms. The molecule has 0 atom stereocenters. The van der Waals surface area contributed by atoms with Gasteiger partial charge < -0.3 is 19.1 Å². The molecule has 0 unspecified atom stereocenters. The van der Waals surface area contributed by atoms with Gasteiger partial charge in [-0.15, -0.1) is 0 Å². The lowest BCUT2D eigenvalue weighted by Crippen LogP contribution is -2.42. The van der Waals surface area contributed by atoms with Crippen molar-refractivity contribution in [2.45, 2.75) is 18.8 Å². The Balaban J connectivity index is 1.24. The lowest BCUT2D eigenvalue weighted by Gasteiger charge is -2.34. The van der Waals surface area contributed by atoms with E-state index in [9.17, 15) is 23.2 Å². The Morgan fingerprint density at radius 3 is 2.12 bits per heavy atom. The number of hydrogen-bond donors (Lipinski definition) is 0. The van der Waals surface area contributed by atoms with Crippen molar-refractivity contribution in [1.29, 1.82) is 0 Å². The Morgan fingerprint density at radius 1 is 0.875 bits per heavy atom. The highest BCUT2D eigenvalue weighted by atomic mass is 19.1. The van der Waals surface area contributed by atoms with Crippen LogP contribution in [0.1, 0.15) is 28.8 Å². The maximum Gasteiger partial charge on any atom is 0.406 e. The fourth-order valence-electron chi connectivity index (χ4n) is 4.88. The summed E-state index contributed by atoms with van der Waals surface area (Å²) in [5.41, 5.74) is 1.72. The molecule has 2 heterocycles. The quantitative estimate of drug-likeness (QED) is 0.290. The van der Waals surface area contributed by atoms with Gasteiger partial charge in [0.25, 0.3) is 0 Å². The molecule has 0 bridgehead atoms. The average Bonchev–Trinajstić information content (AvgIpc) is 3.11. The summed E-state index contributed by atoms with van der Waals surface area (Å²) in [5.74, 6) is -4.68. The Morgan fingerprint density at radius 2 is 1.50 bits per heavy atom. The van der Waals surface area contributed by atoms with E-state index < -0.39 is 17.9 Å². The van der Waals surface area contributed by atoms with E-state index in [1.807, 2.05) is 0 Å². The van der Waals surface area contributed by atoms with Crippen LogP contribution in [0.4, 0.5) is 8.78 Å². The maximum absolute atomic E-state index is 14.3. The second kappa shape index (κ2) is 11.9. The molecule has 3 aromatic carbocycles. The summed E-state index contributed by atoms with van der Waals surface area (Å²) in [5, 5.41) is 0. The van der Waals surface area contributed by atoms with Gasteiger partial charge in [0.2, 0.25) is 0 Å². The second-order valence-electron chi connectivity index (χ2n) is 9.62. The van der Waals surface area contributed by atoms with Crippen LogP contribution >= 0.6 is 0 Å². The van der Waals surface area contributed by atoms with Crippen molar-refractivity contribution in [2.75, 3.05) is 26.2 Å². The van der Waals surface area contributed by atoms with Gasteiger partial charge in [0.1, 0.15) is 11.6 Å². The molecule has 0 aromatic heterocycles. The number of nitrogens with zero attached hydrogens (tertiary/aromatic N) is 1. The number of ketones is 1. The summed E-state index contributed by atoms with van der Waals surface area (Å²) in [7, 11) is 0. The smallest absolute Gasteiger partial charge is 0.391 e. The summed E-state index contributed by atoms with van der Waals surface area (Å²) in [6.45, 7) is 1.74. The van der Waals surface area contributed by atoms with Gasteiger partial charge in [0.05, 0.1) is 12.2 Å². The molecular formula is C31H27F2NO6. The lowest BCUT2D eigenvalue weighted by molar-refractivity contribution is -0.352. The normalized spacial score (nSPS) is 17.6. The van der Waals surface area contributed by atoms with E-state index in [0.717, 1.165) is 12.2 Å². The first-order chi connectivity index (χ1) is 19.3. The van der Waals surface area contributed by atoms with Crippen molar-refractivity contribution in [1.82, 2.24) is 4.90 Å². The molecule has 206 valence electrons. The minimum absolute atomic E-state index is 0.00142. The van der Waals surface area contributed by atoms with Gasteiger partial charge in [-0.05, 0) is 74.0 Å². The van der Waals surface area contributed by atoms with Crippen molar-refractivity contribution in [2.24, 2.45) is 5.92 Å². The first-order valence-electron chi connectivity index (χ1n) is 13.0. The fourth-order valence-corrected chi connectivity index (χ4v) is 4.88. The first-order valence-corrected chi connectivity index (χ1v) is 13.0. The molecule has 2 aliphatic heterocycles. The third-order valence-corrected chi connectivity index (χ3v) is 7.04. The topological polar surface area (TPSA) is 82.1 Å². The van der Waals surface area contributed by atoms with Crippen LogP contribution in [-0.4, -0.2) is 48.9 Å². The summed E-state index contributed by atoms with van der Waals surface area (Å²) < 4.78 is 44.4. The molecule has 2 aliphatic rings. The number of piperidine rings is 1.